The first-order chi connectivity index (χ1) is 10.7. The van der Waals surface area contributed by atoms with Gasteiger partial charge in [-0.1, -0.05) is 110 Å². The molecule has 0 nitrogen and oxygen atoms in total. The lowest BCUT2D eigenvalue weighted by Crippen LogP contribution is -2.44. The van der Waals surface area contributed by atoms with Crippen LogP contribution < -0.4 is 5.19 Å². The van der Waals surface area contributed by atoms with E-state index in [1.54, 1.807) is 10.8 Å². The molecule has 2 rings (SSSR count). The van der Waals surface area contributed by atoms with Crippen molar-refractivity contribution in [3.63, 3.8) is 0 Å². The lowest BCUT2D eigenvalue weighted by Gasteiger charge is -2.33. The van der Waals surface area contributed by atoms with Crippen molar-refractivity contribution in [2.75, 3.05) is 0 Å². The molecular weight excluding hydrogens is 292 g/mol. The number of benzene rings is 2. The van der Waals surface area contributed by atoms with Crippen molar-refractivity contribution < 1.29 is 0 Å². The number of rotatable bonds is 4. The zero-order valence-corrected chi connectivity index (χ0v) is 16.5. The number of hydrogen-bond acceptors (Lipinski definition) is 0. The average Bonchev–Trinajstić information content (AvgIpc) is 2.52. The smallest absolute Gasteiger partial charge is 0.0790 e. The highest BCUT2D eigenvalue weighted by molar-refractivity contribution is 6.95. The van der Waals surface area contributed by atoms with E-state index in [0.29, 0.717) is 0 Å². The first-order valence-electron chi connectivity index (χ1n) is 8.53. The molecule has 0 bridgehead atoms. The fraction of sp³-hybridized carbons (Fsp3) is 0.364. The molecular formula is C22H30Si. The summed E-state index contributed by atoms with van der Waals surface area (Å²) in [6.45, 7) is 14.4. The largest absolute Gasteiger partial charge is 0.107 e. The van der Waals surface area contributed by atoms with Crippen LogP contribution in [0.5, 0.6) is 0 Å². The molecule has 0 fully saturated rings. The van der Waals surface area contributed by atoms with Crippen LogP contribution in [0.2, 0.25) is 13.1 Å². The Kier molecular flexibility index (Phi) is 5.31. The molecule has 0 radical (unpaired) electrons. The second-order valence-corrected chi connectivity index (χ2v) is 12.6. The summed E-state index contributed by atoms with van der Waals surface area (Å²) in [6.07, 6.45) is 1.05. The van der Waals surface area contributed by atoms with Gasteiger partial charge in [-0.3, -0.25) is 0 Å². The van der Waals surface area contributed by atoms with E-state index in [2.05, 4.69) is 101 Å². The van der Waals surface area contributed by atoms with E-state index in [9.17, 15) is 0 Å². The maximum atomic E-state index is 2.48. The lowest BCUT2D eigenvalue weighted by molar-refractivity contribution is 0.488. The average molecular weight is 323 g/mol. The summed E-state index contributed by atoms with van der Waals surface area (Å²) in [4.78, 5) is 0. The van der Waals surface area contributed by atoms with E-state index in [1.807, 2.05) is 0 Å². The zero-order valence-electron chi connectivity index (χ0n) is 15.5. The third-order valence-corrected chi connectivity index (χ3v) is 8.97. The highest BCUT2D eigenvalue weighted by Gasteiger charge is 2.31. The van der Waals surface area contributed by atoms with E-state index in [0.717, 1.165) is 6.42 Å². The minimum absolute atomic E-state index is 0.193. The molecule has 1 heteroatoms. The highest BCUT2D eigenvalue weighted by Crippen LogP contribution is 2.34. The van der Waals surface area contributed by atoms with E-state index >= 15 is 0 Å². The van der Waals surface area contributed by atoms with Crippen LogP contribution in [0.15, 0.2) is 71.4 Å². The van der Waals surface area contributed by atoms with Gasteiger partial charge in [0.2, 0.25) is 0 Å². The quantitative estimate of drug-likeness (QED) is 0.629. The molecule has 0 aliphatic heterocycles. The summed E-state index contributed by atoms with van der Waals surface area (Å²) in [5.41, 5.74) is 3.21. The molecule has 0 heterocycles. The first-order valence-corrected chi connectivity index (χ1v) is 11.5. The molecule has 122 valence electrons. The van der Waals surface area contributed by atoms with Crippen molar-refractivity contribution in [3.8, 4) is 0 Å². The zero-order chi connectivity index (χ0) is 17.1. The Morgan fingerprint density at radius 2 is 1.30 bits per heavy atom. The number of allylic oxidation sites excluding steroid dienone is 2. The fourth-order valence-electron chi connectivity index (χ4n) is 3.21. The molecule has 0 aliphatic carbocycles. The molecule has 0 unspecified atom stereocenters. The molecule has 0 aliphatic rings. The predicted octanol–water partition coefficient (Wildman–Crippen LogP) is 5.75. The third-order valence-electron chi connectivity index (χ3n) is 5.01. The van der Waals surface area contributed by atoms with Gasteiger partial charge in [-0.15, -0.1) is 0 Å². The van der Waals surface area contributed by atoms with Gasteiger partial charge in [0, 0.05) is 0 Å². The normalized spacial score (nSPS) is 13.7. The first kappa shape index (κ1) is 17.7. The maximum Gasteiger partial charge on any atom is 0.107 e. The maximum absolute atomic E-state index is 2.48. The summed E-state index contributed by atoms with van der Waals surface area (Å²) in [5.74, 6) is 0. The summed E-state index contributed by atoms with van der Waals surface area (Å²) < 4.78 is 0. The fourth-order valence-corrected chi connectivity index (χ4v) is 5.89. The molecule has 0 saturated heterocycles. The summed E-state index contributed by atoms with van der Waals surface area (Å²) in [5, 5.41) is 3.15. The SMILES string of the molecule is C/C(=C(\Cc1ccccc1)C(C)(C)C)[Si](C)(C)c1ccccc1. The Labute approximate surface area is 143 Å². The van der Waals surface area contributed by atoms with E-state index in [1.165, 1.54) is 10.8 Å². The molecule has 2 aromatic rings. The minimum Gasteiger partial charge on any atom is -0.0790 e. The van der Waals surface area contributed by atoms with Crippen molar-refractivity contribution in [1.82, 2.24) is 0 Å². The van der Waals surface area contributed by atoms with Crippen LogP contribution in [0.3, 0.4) is 0 Å². The van der Waals surface area contributed by atoms with Crippen molar-refractivity contribution in [2.24, 2.45) is 5.41 Å². The molecule has 2 aromatic carbocycles. The Hall–Kier alpha value is -1.60. The van der Waals surface area contributed by atoms with E-state index in [-0.39, 0.29) is 5.41 Å². The van der Waals surface area contributed by atoms with Gasteiger partial charge in [0.1, 0.15) is 8.07 Å². The molecule has 0 atom stereocenters. The van der Waals surface area contributed by atoms with Gasteiger partial charge in [-0.05, 0) is 24.3 Å². The lowest BCUT2D eigenvalue weighted by atomic mass is 9.82. The summed E-state index contributed by atoms with van der Waals surface area (Å²) in [7, 11) is -1.63. The van der Waals surface area contributed by atoms with Crippen LogP contribution in [-0.4, -0.2) is 8.07 Å². The van der Waals surface area contributed by atoms with E-state index < -0.39 is 8.07 Å². The summed E-state index contributed by atoms with van der Waals surface area (Å²) >= 11 is 0. The van der Waals surface area contributed by atoms with Crippen molar-refractivity contribution in [3.05, 3.63) is 77.0 Å². The van der Waals surface area contributed by atoms with Crippen LogP contribution in [0.4, 0.5) is 0 Å². The molecule has 23 heavy (non-hydrogen) atoms. The second-order valence-electron chi connectivity index (χ2n) is 8.01. The molecule has 0 saturated carbocycles. The highest BCUT2D eigenvalue weighted by atomic mass is 28.3. The second kappa shape index (κ2) is 6.88. The van der Waals surface area contributed by atoms with Crippen LogP contribution in [0, 0.1) is 5.41 Å². The Balaban J connectivity index is 2.50. The topological polar surface area (TPSA) is 0 Å². The van der Waals surface area contributed by atoms with Gasteiger partial charge in [0.15, 0.2) is 0 Å². The van der Waals surface area contributed by atoms with Crippen LogP contribution in [-0.2, 0) is 6.42 Å². The Bertz CT molecular complexity index is 658. The van der Waals surface area contributed by atoms with E-state index in [4.69, 9.17) is 0 Å². The van der Waals surface area contributed by atoms with Crippen molar-refractivity contribution in [2.45, 2.75) is 47.2 Å². The van der Waals surface area contributed by atoms with Gasteiger partial charge < -0.3 is 0 Å². The number of hydrogen-bond donors (Lipinski definition) is 0. The summed E-state index contributed by atoms with van der Waals surface area (Å²) in [6, 6.07) is 21.9. The van der Waals surface area contributed by atoms with Gasteiger partial charge in [0.05, 0.1) is 0 Å². The van der Waals surface area contributed by atoms with Crippen molar-refractivity contribution >= 4 is 13.3 Å². The van der Waals surface area contributed by atoms with Gasteiger partial charge in [-0.2, -0.15) is 0 Å². The molecule has 0 amide bonds. The van der Waals surface area contributed by atoms with Crippen LogP contribution in [0.25, 0.3) is 0 Å². The Morgan fingerprint density at radius 1 is 0.826 bits per heavy atom. The minimum atomic E-state index is -1.63. The predicted molar refractivity (Wildman–Crippen MR) is 106 cm³/mol. The molecule has 0 spiro atoms. The van der Waals surface area contributed by atoms with Crippen LogP contribution in [0.1, 0.15) is 33.3 Å². The van der Waals surface area contributed by atoms with Gasteiger partial charge >= 0.3 is 0 Å². The van der Waals surface area contributed by atoms with Gasteiger partial charge in [0.25, 0.3) is 0 Å². The van der Waals surface area contributed by atoms with Gasteiger partial charge in [-0.25, -0.2) is 0 Å². The van der Waals surface area contributed by atoms with Crippen LogP contribution >= 0.6 is 0 Å². The third kappa shape index (κ3) is 4.23. The standard InChI is InChI=1S/C22H30Si/c1-18(23(5,6)20-15-11-8-12-16-20)21(22(2,3)4)17-19-13-9-7-10-14-19/h7-16H,17H2,1-6H3/b21-18-. The van der Waals surface area contributed by atoms with Crippen molar-refractivity contribution in [1.29, 1.82) is 0 Å². The molecule has 0 N–H and O–H groups in total. The Morgan fingerprint density at radius 3 is 1.78 bits per heavy atom. The molecule has 0 aromatic heterocycles. The monoisotopic (exact) mass is 322 g/mol.